The van der Waals surface area contributed by atoms with E-state index in [-0.39, 0.29) is 0 Å². The largest absolute Gasteiger partial charge is 0.496 e. The van der Waals surface area contributed by atoms with Crippen LogP contribution in [-0.4, -0.2) is 12.0 Å². The van der Waals surface area contributed by atoms with Gasteiger partial charge in [0.25, 0.3) is 0 Å². The third-order valence-electron chi connectivity index (χ3n) is 1.74. The topological polar surface area (TPSA) is 52.4 Å². The Morgan fingerprint density at radius 2 is 1.94 bits per heavy atom. The lowest BCUT2D eigenvalue weighted by atomic mass is 10.2. The first kappa shape index (κ1) is 13.7. The van der Waals surface area contributed by atoms with Crippen molar-refractivity contribution >= 4 is 53.9 Å². The summed E-state index contributed by atoms with van der Waals surface area (Å²) in [5.41, 5.74) is 0.656. The SMILES string of the molecule is COc1cc(/C=C/[N+](=O)[O-])c(Br)c(Br)c1Br. The lowest BCUT2D eigenvalue weighted by molar-refractivity contribution is -0.400. The molecule has 1 aromatic rings. The molecule has 0 N–H and O–H groups in total. The number of nitrogens with zero attached hydrogens (tertiary/aromatic N) is 1. The van der Waals surface area contributed by atoms with Crippen LogP contribution in [0.15, 0.2) is 25.7 Å². The second kappa shape index (κ2) is 5.79. The van der Waals surface area contributed by atoms with Crippen molar-refractivity contribution in [3.8, 4) is 5.75 Å². The van der Waals surface area contributed by atoms with Gasteiger partial charge in [-0.05, 0) is 59.4 Å². The van der Waals surface area contributed by atoms with Crippen LogP contribution < -0.4 is 4.74 Å². The second-order valence-corrected chi connectivity index (χ2v) is 5.09. The van der Waals surface area contributed by atoms with Gasteiger partial charge in [-0.15, -0.1) is 0 Å². The van der Waals surface area contributed by atoms with Crippen LogP contribution in [-0.2, 0) is 0 Å². The number of hydrogen-bond acceptors (Lipinski definition) is 3. The fourth-order valence-electron chi connectivity index (χ4n) is 1.01. The van der Waals surface area contributed by atoms with Crippen LogP contribution in [0, 0.1) is 10.1 Å². The zero-order valence-electron chi connectivity index (χ0n) is 8.04. The van der Waals surface area contributed by atoms with Crippen LogP contribution in [0.1, 0.15) is 5.56 Å². The molecule has 0 amide bonds. The van der Waals surface area contributed by atoms with Gasteiger partial charge in [-0.25, -0.2) is 0 Å². The summed E-state index contributed by atoms with van der Waals surface area (Å²) in [6, 6.07) is 1.69. The summed E-state index contributed by atoms with van der Waals surface area (Å²) in [4.78, 5) is 9.72. The highest BCUT2D eigenvalue weighted by Gasteiger charge is 2.12. The molecule has 0 spiro atoms. The summed E-state index contributed by atoms with van der Waals surface area (Å²) in [5.74, 6) is 0.595. The Kier molecular flexibility index (Phi) is 4.94. The molecule has 0 radical (unpaired) electrons. The maximum atomic E-state index is 10.2. The summed E-state index contributed by atoms with van der Waals surface area (Å²) < 4.78 is 7.34. The van der Waals surface area contributed by atoms with Gasteiger partial charge in [0, 0.05) is 10.5 Å². The van der Waals surface area contributed by atoms with Gasteiger partial charge in [0.2, 0.25) is 6.20 Å². The molecule has 0 atom stereocenters. The van der Waals surface area contributed by atoms with Crippen LogP contribution in [0.4, 0.5) is 0 Å². The molecule has 7 heteroatoms. The van der Waals surface area contributed by atoms with Crippen molar-refractivity contribution in [1.29, 1.82) is 0 Å². The van der Waals surface area contributed by atoms with E-state index in [4.69, 9.17) is 4.74 Å². The monoisotopic (exact) mass is 413 g/mol. The van der Waals surface area contributed by atoms with Gasteiger partial charge in [-0.2, -0.15) is 0 Å². The minimum absolute atomic E-state index is 0.519. The highest BCUT2D eigenvalue weighted by atomic mass is 79.9. The Bertz CT molecular complexity index is 460. The lowest BCUT2D eigenvalue weighted by Gasteiger charge is -2.09. The van der Waals surface area contributed by atoms with E-state index in [9.17, 15) is 10.1 Å². The van der Waals surface area contributed by atoms with Gasteiger partial charge in [0.15, 0.2) is 0 Å². The van der Waals surface area contributed by atoms with E-state index in [1.807, 2.05) is 0 Å². The van der Waals surface area contributed by atoms with Gasteiger partial charge < -0.3 is 4.74 Å². The van der Waals surface area contributed by atoms with E-state index >= 15 is 0 Å². The van der Waals surface area contributed by atoms with Crippen LogP contribution in [0.25, 0.3) is 6.08 Å². The molecule has 0 saturated heterocycles. The third-order valence-corrected chi connectivity index (χ3v) is 5.24. The zero-order chi connectivity index (χ0) is 12.3. The predicted molar refractivity (Wildman–Crippen MR) is 72.1 cm³/mol. The van der Waals surface area contributed by atoms with E-state index in [1.165, 1.54) is 13.2 Å². The minimum Gasteiger partial charge on any atom is -0.496 e. The molecule has 16 heavy (non-hydrogen) atoms. The van der Waals surface area contributed by atoms with E-state index in [0.29, 0.717) is 11.3 Å². The van der Waals surface area contributed by atoms with Crippen molar-refractivity contribution in [3.63, 3.8) is 0 Å². The van der Waals surface area contributed by atoms with Crippen molar-refractivity contribution in [2.45, 2.75) is 0 Å². The fourth-order valence-corrected chi connectivity index (χ4v) is 2.62. The molecule has 0 aliphatic carbocycles. The van der Waals surface area contributed by atoms with Crippen molar-refractivity contribution in [1.82, 2.24) is 0 Å². The molecule has 0 aromatic heterocycles. The van der Waals surface area contributed by atoms with Gasteiger partial charge in [0.05, 0.1) is 21.0 Å². The molecular weight excluding hydrogens is 410 g/mol. The van der Waals surface area contributed by atoms with E-state index < -0.39 is 4.92 Å². The standard InChI is InChI=1S/C9H6Br3NO3/c1-16-6-4-5(2-3-13(14)15)7(10)9(12)8(6)11/h2-4H,1H3/b3-2+. The molecule has 4 nitrogen and oxygen atoms in total. The third kappa shape index (κ3) is 3.05. The molecule has 0 bridgehead atoms. The number of halogens is 3. The Hall–Kier alpha value is -0.400. The molecule has 1 aromatic carbocycles. The number of rotatable bonds is 3. The average molecular weight is 416 g/mol. The minimum atomic E-state index is -0.519. The maximum absolute atomic E-state index is 10.2. The van der Waals surface area contributed by atoms with Crippen LogP contribution in [0.3, 0.4) is 0 Å². The van der Waals surface area contributed by atoms with Crippen LogP contribution in [0.5, 0.6) is 5.75 Å². The highest BCUT2D eigenvalue weighted by Crippen LogP contribution is 2.40. The fraction of sp³-hybridized carbons (Fsp3) is 0.111. The van der Waals surface area contributed by atoms with E-state index in [0.717, 1.165) is 19.6 Å². The molecule has 86 valence electrons. The summed E-state index contributed by atoms with van der Waals surface area (Å²) >= 11 is 10.0. The van der Waals surface area contributed by atoms with Gasteiger partial charge >= 0.3 is 0 Å². The highest BCUT2D eigenvalue weighted by molar-refractivity contribution is 9.14. The van der Waals surface area contributed by atoms with Crippen molar-refractivity contribution in [2.75, 3.05) is 7.11 Å². The van der Waals surface area contributed by atoms with Crippen molar-refractivity contribution in [3.05, 3.63) is 41.4 Å². The molecule has 0 saturated carbocycles. The zero-order valence-corrected chi connectivity index (χ0v) is 12.8. The van der Waals surface area contributed by atoms with E-state index in [1.54, 1.807) is 6.07 Å². The summed E-state index contributed by atoms with van der Waals surface area (Å²) in [7, 11) is 1.53. The van der Waals surface area contributed by atoms with Gasteiger partial charge in [-0.3, -0.25) is 10.1 Å². The molecule has 1 rings (SSSR count). The number of ether oxygens (including phenoxy) is 1. The molecule has 0 fully saturated rings. The summed E-state index contributed by atoms with van der Waals surface area (Å²) in [6.45, 7) is 0. The number of nitro groups is 1. The van der Waals surface area contributed by atoms with E-state index in [2.05, 4.69) is 47.8 Å². The molecule has 0 aliphatic rings. The van der Waals surface area contributed by atoms with Crippen molar-refractivity contribution < 1.29 is 9.66 Å². The number of benzene rings is 1. The molecular formula is C9H6Br3NO3. The Morgan fingerprint density at radius 3 is 2.44 bits per heavy atom. The molecule has 0 unspecified atom stereocenters. The smallest absolute Gasteiger partial charge is 0.235 e. The summed E-state index contributed by atoms with van der Waals surface area (Å²) in [5, 5.41) is 10.2. The van der Waals surface area contributed by atoms with Gasteiger partial charge in [0.1, 0.15) is 5.75 Å². The molecule has 0 heterocycles. The quantitative estimate of drug-likeness (QED) is 0.421. The van der Waals surface area contributed by atoms with Gasteiger partial charge in [-0.1, -0.05) is 0 Å². The summed E-state index contributed by atoms with van der Waals surface area (Å²) in [6.07, 6.45) is 2.27. The second-order valence-electron chi connectivity index (χ2n) is 2.71. The van der Waals surface area contributed by atoms with Crippen LogP contribution >= 0.6 is 47.8 Å². The lowest BCUT2D eigenvalue weighted by Crippen LogP contribution is -1.90. The predicted octanol–water partition coefficient (Wildman–Crippen LogP) is 4.23. The number of hydrogen-bond donors (Lipinski definition) is 0. The normalized spacial score (nSPS) is 10.8. The molecule has 0 aliphatic heterocycles. The average Bonchev–Trinajstić information content (AvgIpc) is 2.25. The maximum Gasteiger partial charge on any atom is 0.235 e. The van der Waals surface area contributed by atoms with Crippen molar-refractivity contribution in [2.24, 2.45) is 0 Å². The first-order valence-corrected chi connectivity index (χ1v) is 6.38. The first-order chi connectivity index (χ1) is 7.47. The Balaban J connectivity index is 3.30. The Labute approximate surface area is 117 Å². The Morgan fingerprint density at radius 1 is 1.31 bits per heavy atom. The first-order valence-electron chi connectivity index (χ1n) is 4.00. The number of methoxy groups -OCH3 is 1. The van der Waals surface area contributed by atoms with Crippen LogP contribution in [0.2, 0.25) is 0 Å².